The Bertz CT molecular complexity index is 1400. The number of halogens is 1. The normalized spacial score (nSPS) is 16.1. The lowest BCUT2D eigenvalue weighted by Crippen LogP contribution is -2.37. The van der Waals surface area contributed by atoms with Crippen LogP contribution in [0.4, 0.5) is 0 Å². The van der Waals surface area contributed by atoms with Crippen LogP contribution in [0.25, 0.3) is 10.2 Å². The van der Waals surface area contributed by atoms with E-state index in [4.69, 9.17) is 16.3 Å². The van der Waals surface area contributed by atoms with Crippen molar-refractivity contribution in [3.8, 4) is 0 Å². The van der Waals surface area contributed by atoms with Gasteiger partial charge in [-0.2, -0.15) is 9.30 Å². The molecule has 8 nitrogen and oxygen atoms in total. The molecule has 2 aromatic carbocycles. The van der Waals surface area contributed by atoms with Crippen LogP contribution in [0.3, 0.4) is 0 Å². The molecule has 0 radical (unpaired) electrons. The van der Waals surface area contributed by atoms with E-state index < -0.39 is 21.9 Å². The summed E-state index contributed by atoms with van der Waals surface area (Å²) in [5, 5.41) is 0.424. The van der Waals surface area contributed by atoms with Crippen molar-refractivity contribution in [2.45, 2.75) is 31.2 Å². The summed E-state index contributed by atoms with van der Waals surface area (Å²) in [7, 11) is -2.33. The van der Waals surface area contributed by atoms with Gasteiger partial charge in [-0.1, -0.05) is 35.9 Å². The van der Waals surface area contributed by atoms with Gasteiger partial charge in [-0.25, -0.2) is 8.42 Å². The molecule has 3 aromatic rings. The fourth-order valence-corrected chi connectivity index (χ4v) is 6.66. The number of nitrogens with zero attached hydrogens (tertiary/aromatic N) is 3. The van der Waals surface area contributed by atoms with Crippen LogP contribution in [-0.2, 0) is 26.1 Å². The molecule has 2 heterocycles. The first-order chi connectivity index (χ1) is 16.2. The average molecular weight is 522 g/mol. The van der Waals surface area contributed by atoms with E-state index in [0.29, 0.717) is 29.5 Å². The van der Waals surface area contributed by atoms with E-state index in [1.165, 1.54) is 47.0 Å². The van der Waals surface area contributed by atoms with Gasteiger partial charge in [-0.3, -0.25) is 9.59 Å². The standard InChI is InChI=1S/C23H24ClN3O5S2/c1-15-10-12-26(13-11-15)34(30,31)17-8-6-16(7-9-17)22(29)25-23-27(14-20(28)32-2)21-18(24)4-3-5-19(21)33-23/h3-9,15H,10-14H2,1-2H3. The zero-order valence-corrected chi connectivity index (χ0v) is 21.1. The van der Waals surface area contributed by atoms with Crippen LogP contribution in [-0.4, -0.2) is 49.4 Å². The lowest BCUT2D eigenvalue weighted by molar-refractivity contribution is -0.141. The van der Waals surface area contributed by atoms with Crippen LogP contribution < -0.4 is 4.80 Å². The molecule has 1 amide bonds. The van der Waals surface area contributed by atoms with Crippen molar-refractivity contribution in [2.24, 2.45) is 10.9 Å². The van der Waals surface area contributed by atoms with E-state index in [-0.39, 0.29) is 21.8 Å². The highest BCUT2D eigenvalue weighted by Crippen LogP contribution is 2.26. The van der Waals surface area contributed by atoms with Gasteiger partial charge in [0.05, 0.1) is 27.2 Å². The number of aromatic nitrogens is 1. The summed E-state index contributed by atoms with van der Waals surface area (Å²) < 4.78 is 34.4. The third-order valence-corrected chi connectivity index (χ3v) is 9.11. The van der Waals surface area contributed by atoms with Gasteiger partial charge in [0.25, 0.3) is 5.91 Å². The number of sulfonamides is 1. The molecule has 1 aromatic heterocycles. The van der Waals surface area contributed by atoms with Crippen LogP contribution in [0, 0.1) is 5.92 Å². The highest BCUT2D eigenvalue weighted by atomic mass is 35.5. The maximum Gasteiger partial charge on any atom is 0.325 e. The largest absolute Gasteiger partial charge is 0.468 e. The first-order valence-electron chi connectivity index (χ1n) is 10.7. The van der Waals surface area contributed by atoms with Crippen molar-refractivity contribution in [3.05, 3.63) is 57.9 Å². The molecular formula is C23H24ClN3O5S2. The van der Waals surface area contributed by atoms with E-state index in [0.717, 1.165) is 17.5 Å². The summed E-state index contributed by atoms with van der Waals surface area (Å²) >= 11 is 7.55. The summed E-state index contributed by atoms with van der Waals surface area (Å²) in [6, 6.07) is 11.1. The molecular weight excluding hydrogens is 498 g/mol. The topological polar surface area (TPSA) is 98.0 Å². The lowest BCUT2D eigenvalue weighted by Gasteiger charge is -2.29. The summed E-state index contributed by atoms with van der Waals surface area (Å²) in [5.74, 6) is -0.550. The Morgan fingerprint density at radius 1 is 1.15 bits per heavy atom. The molecule has 0 N–H and O–H groups in total. The van der Waals surface area contributed by atoms with Crippen molar-refractivity contribution in [1.29, 1.82) is 0 Å². The number of para-hydroxylation sites is 1. The molecule has 0 saturated carbocycles. The summed E-state index contributed by atoms with van der Waals surface area (Å²) in [4.78, 5) is 29.5. The predicted octanol–water partition coefficient (Wildman–Crippen LogP) is 3.69. The Labute approximate surface area is 206 Å². The Hall–Kier alpha value is -2.53. The minimum atomic E-state index is -3.61. The van der Waals surface area contributed by atoms with Gasteiger partial charge in [0.15, 0.2) is 4.80 Å². The SMILES string of the molecule is COC(=O)Cn1c(=NC(=O)c2ccc(S(=O)(=O)N3CCC(C)CC3)cc2)sc2cccc(Cl)c21. The molecule has 0 bridgehead atoms. The van der Waals surface area contributed by atoms with Gasteiger partial charge >= 0.3 is 5.97 Å². The molecule has 1 saturated heterocycles. The average Bonchev–Trinajstić information content (AvgIpc) is 3.17. The van der Waals surface area contributed by atoms with Gasteiger partial charge in [0, 0.05) is 18.7 Å². The predicted molar refractivity (Wildman–Crippen MR) is 130 cm³/mol. The number of piperidine rings is 1. The van der Waals surface area contributed by atoms with Crippen LogP contribution >= 0.6 is 22.9 Å². The number of methoxy groups -OCH3 is 1. The maximum absolute atomic E-state index is 12.9. The second kappa shape index (κ2) is 9.99. The molecule has 1 fully saturated rings. The van der Waals surface area contributed by atoms with Gasteiger partial charge < -0.3 is 9.30 Å². The maximum atomic E-state index is 12.9. The number of carbonyl (C=O) groups is 2. The van der Waals surface area contributed by atoms with Gasteiger partial charge in [-0.15, -0.1) is 0 Å². The monoisotopic (exact) mass is 521 g/mol. The Morgan fingerprint density at radius 2 is 1.82 bits per heavy atom. The van der Waals surface area contributed by atoms with Crippen molar-refractivity contribution in [3.63, 3.8) is 0 Å². The van der Waals surface area contributed by atoms with E-state index in [1.807, 2.05) is 6.07 Å². The van der Waals surface area contributed by atoms with Crippen LogP contribution in [0.2, 0.25) is 5.02 Å². The number of fused-ring (bicyclic) bond motifs is 1. The molecule has 180 valence electrons. The van der Waals surface area contributed by atoms with Crippen LogP contribution in [0.1, 0.15) is 30.1 Å². The molecule has 0 spiro atoms. The number of esters is 1. The number of thiazole rings is 1. The van der Waals surface area contributed by atoms with E-state index in [2.05, 4.69) is 11.9 Å². The summed E-state index contributed by atoms with van der Waals surface area (Å²) in [5.41, 5.74) is 0.822. The zero-order chi connectivity index (χ0) is 24.5. The smallest absolute Gasteiger partial charge is 0.325 e. The Kier molecular flexibility index (Phi) is 7.22. The van der Waals surface area contributed by atoms with Crippen molar-refractivity contribution in [1.82, 2.24) is 8.87 Å². The van der Waals surface area contributed by atoms with Gasteiger partial charge in [0.1, 0.15) is 6.54 Å². The number of rotatable bonds is 5. The zero-order valence-electron chi connectivity index (χ0n) is 18.7. The van der Waals surface area contributed by atoms with Gasteiger partial charge in [0.2, 0.25) is 10.0 Å². The third kappa shape index (κ3) is 4.95. The third-order valence-electron chi connectivity index (χ3n) is 5.85. The molecule has 0 aliphatic carbocycles. The first-order valence-corrected chi connectivity index (χ1v) is 13.4. The molecule has 0 unspecified atom stereocenters. The van der Waals surface area contributed by atoms with Gasteiger partial charge in [-0.05, 0) is 55.2 Å². The Balaban J connectivity index is 1.65. The van der Waals surface area contributed by atoms with E-state index in [9.17, 15) is 18.0 Å². The minimum absolute atomic E-state index is 0.146. The summed E-state index contributed by atoms with van der Waals surface area (Å²) in [6.07, 6.45) is 1.67. The van der Waals surface area contributed by atoms with E-state index >= 15 is 0 Å². The number of hydrogen-bond acceptors (Lipinski definition) is 6. The second-order valence-electron chi connectivity index (χ2n) is 8.16. The highest BCUT2D eigenvalue weighted by Gasteiger charge is 2.28. The van der Waals surface area contributed by atoms with E-state index in [1.54, 1.807) is 16.7 Å². The molecule has 4 rings (SSSR count). The molecule has 11 heteroatoms. The molecule has 0 atom stereocenters. The fourth-order valence-electron chi connectivity index (χ4n) is 3.81. The van der Waals surface area contributed by atoms with Crippen molar-refractivity contribution < 1.29 is 22.7 Å². The number of hydrogen-bond donors (Lipinski definition) is 0. The molecule has 34 heavy (non-hydrogen) atoms. The lowest BCUT2D eigenvalue weighted by atomic mass is 10.0. The van der Waals surface area contributed by atoms with Crippen molar-refractivity contribution in [2.75, 3.05) is 20.2 Å². The quantitative estimate of drug-likeness (QED) is 0.477. The second-order valence-corrected chi connectivity index (χ2v) is 11.5. The number of ether oxygens (including phenoxy) is 1. The van der Waals surface area contributed by atoms with Crippen molar-refractivity contribution >= 4 is 55.1 Å². The first kappa shape index (κ1) is 24.6. The number of amides is 1. The number of benzene rings is 2. The van der Waals surface area contributed by atoms with Crippen LogP contribution in [0.5, 0.6) is 0 Å². The number of carbonyl (C=O) groups excluding carboxylic acids is 2. The molecule has 1 aliphatic heterocycles. The fraction of sp³-hybridized carbons (Fsp3) is 0.348. The Morgan fingerprint density at radius 3 is 2.47 bits per heavy atom. The summed E-state index contributed by atoms with van der Waals surface area (Å²) in [6.45, 7) is 2.95. The highest BCUT2D eigenvalue weighted by molar-refractivity contribution is 7.89. The van der Waals surface area contributed by atoms with Crippen LogP contribution in [0.15, 0.2) is 52.4 Å². The minimum Gasteiger partial charge on any atom is -0.468 e. The molecule has 1 aliphatic rings.